The van der Waals surface area contributed by atoms with Crippen LogP contribution in [0.4, 0.5) is 0 Å². The first-order chi connectivity index (χ1) is 10.7. The van der Waals surface area contributed by atoms with Gasteiger partial charge < -0.3 is 24.6 Å². The summed E-state index contributed by atoms with van der Waals surface area (Å²) in [6, 6.07) is 0. The van der Waals surface area contributed by atoms with Gasteiger partial charge in [-0.25, -0.2) is 0 Å². The van der Waals surface area contributed by atoms with Gasteiger partial charge in [-0.05, 0) is 5.53 Å². The van der Waals surface area contributed by atoms with Gasteiger partial charge in [0.1, 0.15) is 0 Å². The Morgan fingerprint density at radius 1 is 1.00 bits per heavy atom. The van der Waals surface area contributed by atoms with E-state index in [-0.39, 0.29) is 18.7 Å². The van der Waals surface area contributed by atoms with Crippen LogP contribution >= 0.6 is 0 Å². The van der Waals surface area contributed by atoms with Crippen molar-refractivity contribution < 1.29 is 28.9 Å². The summed E-state index contributed by atoms with van der Waals surface area (Å²) in [4.78, 5) is 24.0. The van der Waals surface area contributed by atoms with Crippen molar-refractivity contribution in [3.63, 3.8) is 0 Å². The number of nitrogens with one attached hydrogen (secondary N) is 1. The maximum absolute atomic E-state index is 11.2. The fourth-order valence-corrected chi connectivity index (χ4v) is 1.26. The minimum absolute atomic E-state index is 0.0296. The zero-order chi connectivity index (χ0) is 16.5. The highest BCUT2D eigenvalue weighted by atomic mass is 16.5. The molecule has 126 valence electrons. The molecule has 0 fully saturated rings. The highest BCUT2D eigenvalue weighted by molar-refractivity contribution is 5.80. The maximum Gasteiger partial charge on any atom is 0.303 e. The second-order valence-corrected chi connectivity index (χ2v) is 4.04. The molecule has 0 radical (unpaired) electrons. The first kappa shape index (κ1) is 20.1. The Labute approximate surface area is 128 Å². The average molecular weight is 318 g/mol. The molecular formula is C12H22N4O6. The Kier molecular flexibility index (Phi) is 14.2. The predicted octanol–water partition coefficient (Wildman–Crippen LogP) is 0.327. The first-order valence-electron chi connectivity index (χ1n) is 6.89. The molecule has 0 bridgehead atoms. The average Bonchev–Trinajstić information content (AvgIpc) is 2.49. The van der Waals surface area contributed by atoms with Crippen LogP contribution in [0.2, 0.25) is 0 Å². The summed E-state index contributed by atoms with van der Waals surface area (Å²) in [5, 5.41) is 14.3. The quantitative estimate of drug-likeness (QED) is 0.193. The molecule has 0 heterocycles. The molecule has 0 saturated carbocycles. The van der Waals surface area contributed by atoms with Crippen molar-refractivity contribution in [3.8, 4) is 0 Å². The molecule has 22 heavy (non-hydrogen) atoms. The van der Waals surface area contributed by atoms with E-state index in [9.17, 15) is 9.59 Å². The van der Waals surface area contributed by atoms with E-state index >= 15 is 0 Å². The van der Waals surface area contributed by atoms with Gasteiger partial charge in [-0.15, -0.1) is 0 Å². The lowest BCUT2D eigenvalue weighted by molar-refractivity contribution is -0.138. The molecule has 0 aliphatic rings. The molecule has 0 rings (SSSR count). The van der Waals surface area contributed by atoms with Crippen LogP contribution in [-0.4, -0.2) is 69.7 Å². The second-order valence-electron chi connectivity index (χ2n) is 4.04. The third-order valence-electron chi connectivity index (χ3n) is 2.28. The smallest absolute Gasteiger partial charge is 0.303 e. The predicted molar refractivity (Wildman–Crippen MR) is 76.3 cm³/mol. The van der Waals surface area contributed by atoms with Gasteiger partial charge in [-0.1, -0.05) is 5.11 Å². The molecule has 10 heteroatoms. The molecule has 0 saturated heterocycles. The van der Waals surface area contributed by atoms with Gasteiger partial charge in [0.15, 0.2) is 0 Å². The molecule has 2 N–H and O–H groups in total. The number of carbonyl (C=O) groups is 2. The summed E-state index contributed by atoms with van der Waals surface area (Å²) >= 11 is 0. The van der Waals surface area contributed by atoms with Gasteiger partial charge in [0.2, 0.25) is 5.91 Å². The molecule has 1 amide bonds. The highest BCUT2D eigenvalue weighted by Crippen LogP contribution is 1.88. The molecule has 0 aromatic carbocycles. The minimum Gasteiger partial charge on any atom is -0.481 e. The summed E-state index contributed by atoms with van der Waals surface area (Å²) in [7, 11) is 0. The molecule has 0 aromatic rings. The Bertz CT molecular complexity index is 360. The van der Waals surface area contributed by atoms with Crippen molar-refractivity contribution in [1.29, 1.82) is 0 Å². The molecule has 0 aromatic heterocycles. The van der Waals surface area contributed by atoms with E-state index in [1.807, 2.05) is 0 Å². The molecule has 0 unspecified atom stereocenters. The summed E-state index contributed by atoms with van der Waals surface area (Å²) in [5.41, 5.74) is 8.02. The van der Waals surface area contributed by atoms with Gasteiger partial charge in [-0.2, -0.15) is 0 Å². The third-order valence-corrected chi connectivity index (χ3v) is 2.28. The van der Waals surface area contributed by atoms with Crippen molar-refractivity contribution in [3.05, 3.63) is 10.4 Å². The largest absolute Gasteiger partial charge is 0.481 e. The summed E-state index contributed by atoms with van der Waals surface area (Å²) in [5.74, 6) is -1.30. The standard InChI is InChI=1S/C12H22N4O6/c13-16-15-4-6-21-8-10-22-9-7-20-5-3-14-11(17)1-2-12(18)19/h1-10H2,(H,14,17)(H,18,19). The van der Waals surface area contributed by atoms with E-state index in [0.29, 0.717) is 52.7 Å². The lowest BCUT2D eigenvalue weighted by atomic mass is 10.3. The van der Waals surface area contributed by atoms with Crippen LogP contribution in [-0.2, 0) is 23.8 Å². The fraction of sp³-hybridized carbons (Fsp3) is 0.833. The van der Waals surface area contributed by atoms with E-state index in [1.54, 1.807) is 0 Å². The normalized spacial score (nSPS) is 10.0. The van der Waals surface area contributed by atoms with Gasteiger partial charge in [-0.3, -0.25) is 9.59 Å². The number of rotatable bonds is 15. The minimum atomic E-state index is -0.995. The summed E-state index contributed by atoms with van der Waals surface area (Å²) in [6.07, 6.45) is -0.205. The number of carbonyl (C=O) groups excluding carboxylic acids is 1. The molecule has 10 nitrogen and oxygen atoms in total. The molecular weight excluding hydrogens is 296 g/mol. The van der Waals surface area contributed by atoms with Crippen LogP contribution in [0.15, 0.2) is 5.11 Å². The number of hydrogen-bond acceptors (Lipinski definition) is 6. The highest BCUT2D eigenvalue weighted by Gasteiger charge is 2.03. The number of carboxylic acids is 1. The Balaban J connectivity index is 3.15. The number of nitrogens with zero attached hydrogens (tertiary/aromatic N) is 3. The van der Waals surface area contributed by atoms with Crippen molar-refractivity contribution in [1.82, 2.24) is 5.32 Å². The fourth-order valence-electron chi connectivity index (χ4n) is 1.26. The van der Waals surface area contributed by atoms with Crippen LogP contribution in [0.1, 0.15) is 12.8 Å². The Morgan fingerprint density at radius 2 is 1.59 bits per heavy atom. The van der Waals surface area contributed by atoms with E-state index in [2.05, 4.69) is 15.3 Å². The van der Waals surface area contributed by atoms with Crippen LogP contribution in [0.3, 0.4) is 0 Å². The van der Waals surface area contributed by atoms with Gasteiger partial charge in [0.05, 0.1) is 46.1 Å². The van der Waals surface area contributed by atoms with Crippen LogP contribution in [0.25, 0.3) is 10.4 Å². The number of carboxylic acid groups (broad SMARTS) is 1. The van der Waals surface area contributed by atoms with Crippen molar-refractivity contribution in [2.75, 3.05) is 52.7 Å². The van der Waals surface area contributed by atoms with Crippen LogP contribution < -0.4 is 5.32 Å². The number of hydrogen-bond donors (Lipinski definition) is 2. The maximum atomic E-state index is 11.2. The third kappa shape index (κ3) is 16.2. The van der Waals surface area contributed by atoms with Crippen molar-refractivity contribution in [2.24, 2.45) is 5.11 Å². The number of amides is 1. The Hall–Kier alpha value is -1.87. The number of ether oxygens (including phenoxy) is 3. The zero-order valence-electron chi connectivity index (χ0n) is 12.4. The molecule has 0 aliphatic carbocycles. The van der Waals surface area contributed by atoms with Gasteiger partial charge in [0.25, 0.3) is 0 Å². The van der Waals surface area contributed by atoms with E-state index in [4.69, 9.17) is 24.8 Å². The molecule has 0 spiro atoms. The van der Waals surface area contributed by atoms with E-state index < -0.39 is 5.97 Å². The number of azide groups is 1. The summed E-state index contributed by atoms with van der Waals surface area (Å²) < 4.78 is 15.6. The summed E-state index contributed by atoms with van der Waals surface area (Å²) in [6.45, 7) is 2.98. The second kappa shape index (κ2) is 15.5. The number of aliphatic carboxylic acids is 1. The van der Waals surface area contributed by atoms with Gasteiger partial charge in [0, 0.05) is 24.4 Å². The molecule has 0 aliphatic heterocycles. The first-order valence-corrected chi connectivity index (χ1v) is 6.89. The lowest BCUT2D eigenvalue weighted by Crippen LogP contribution is -2.27. The van der Waals surface area contributed by atoms with Crippen molar-refractivity contribution >= 4 is 11.9 Å². The topological polar surface area (TPSA) is 143 Å². The van der Waals surface area contributed by atoms with Gasteiger partial charge >= 0.3 is 5.97 Å². The Morgan fingerprint density at radius 3 is 2.18 bits per heavy atom. The monoisotopic (exact) mass is 318 g/mol. The van der Waals surface area contributed by atoms with E-state index in [1.165, 1.54) is 0 Å². The van der Waals surface area contributed by atoms with E-state index in [0.717, 1.165) is 0 Å². The van der Waals surface area contributed by atoms with Crippen LogP contribution in [0, 0.1) is 0 Å². The van der Waals surface area contributed by atoms with Crippen molar-refractivity contribution in [2.45, 2.75) is 12.8 Å². The molecule has 0 atom stereocenters. The lowest BCUT2D eigenvalue weighted by Gasteiger charge is -2.07. The zero-order valence-corrected chi connectivity index (χ0v) is 12.4. The SMILES string of the molecule is [N-]=[N+]=NCCOCCOCCOCCNC(=O)CCC(=O)O. The van der Waals surface area contributed by atoms with Crippen LogP contribution in [0.5, 0.6) is 0 Å².